The molecule has 0 radical (unpaired) electrons. The molecule has 0 aliphatic carbocycles. The molecule has 0 saturated carbocycles. The number of nitrogen functional groups attached to an aromatic ring is 1. The fourth-order valence-corrected chi connectivity index (χ4v) is 3.31. The highest BCUT2D eigenvalue weighted by Gasteiger charge is 2.34. The maximum absolute atomic E-state index is 12.1. The highest BCUT2D eigenvalue weighted by atomic mass is 32.2. The fraction of sp³-hybridized carbons (Fsp3) is 0.333. The van der Waals surface area contributed by atoms with E-state index in [4.69, 9.17) is 11.0 Å². The van der Waals surface area contributed by atoms with Crippen LogP contribution in [0.25, 0.3) is 0 Å². The fourth-order valence-electron chi connectivity index (χ4n) is 2.43. The van der Waals surface area contributed by atoms with Gasteiger partial charge in [0.15, 0.2) is 0 Å². The van der Waals surface area contributed by atoms with E-state index in [1.165, 1.54) is 11.0 Å². The number of anilines is 1. The molecular weight excluding hydrogens is 296 g/mol. The Kier molecular flexibility index (Phi) is 4.26. The Balaban J connectivity index is 2.27. The predicted octanol–water partition coefficient (Wildman–Crippen LogP) is -1.07. The molecule has 1 fully saturated rings. The number of hydrazine groups is 1. The summed E-state index contributed by atoms with van der Waals surface area (Å²) in [6.45, 7) is 0.199. The van der Waals surface area contributed by atoms with Crippen molar-refractivity contribution in [3.63, 3.8) is 0 Å². The number of nitrogens with two attached hydrogens (primary N) is 2. The average molecular weight is 312 g/mol. The zero-order valence-electron chi connectivity index (χ0n) is 11.2. The molecule has 1 aliphatic rings. The molecular formula is C12H16N4O4S. The number of rotatable bonds is 4. The van der Waals surface area contributed by atoms with Gasteiger partial charge in [-0.15, -0.1) is 0 Å². The third-order valence-corrected chi connectivity index (χ3v) is 4.18. The van der Waals surface area contributed by atoms with Gasteiger partial charge in [-0.05, 0) is 12.1 Å². The number of carbonyl (C=O) groups is 2. The lowest BCUT2D eigenvalue weighted by atomic mass is 10.1. The first-order valence-corrected chi connectivity index (χ1v) is 7.94. The van der Waals surface area contributed by atoms with Gasteiger partial charge in [0.25, 0.3) is 5.91 Å². The van der Waals surface area contributed by atoms with E-state index in [2.05, 4.69) is 0 Å². The molecule has 0 bridgehead atoms. The van der Waals surface area contributed by atoms with Crippen molar-refractivity contribution in [3.8, 4) is 0 Å². The van der Waals surface area contributed by atoms with Gasteiger partial charge in [0.1, 0.15) is 0 Å². The van der Waals surface area contributed by atoms with E-state index in [0.29, 0.717) is 5.69 Å². The Labute approximate surface area is 122 Å². The minimum absolute atomic E-state index is 0.0784. The molecule has 114 valence electrons. The summed E-state index contributed by atoms with van der Waals surface area (Å²) >= 11 is 0. The quantitative estimate of drug-likeness (QED) is 0.369. The van der Waals surface area contributed by atoms with Gasteiger partial charge >= 0.3 is 0 Å². The van der Waals surface area contributed by atoms with Crippen LogP contribution in [0.4, 0.5) is 5.69 Å². The molecule has 1 atom stereocenters. The lowest BCUT2D eigenvalue weighted by molar-refractivity contribution is -0.117. The normalized spacial score (nSPS) is 18.9. The molecule has 1 unspecified atom stereocenters. The summed E-state index contributed by atoms with van der Waals surface area (Å²) in [5.41, 5.74) is 2.68. The molecule has 21 heavy (non-hydrogen) atoms. The molecule has 1 saturated heterocycles. The van der Waals surface area contributed by atoms with Crippen molar-refractivity contribution in [3.05, 3.63) is 29.8 Å². The van der Waals surface area contributed by atoms with Gasteiger partial charge in [-0.2, -0.15) is 0 Å². The number of nitrogens with zero attached hydrogens (tertiary/aromatic N) is 1. The molecule has 1 aliphatic heterocycles. The Morgan fingerprint density at radius 3 is 2.67 bits per heavy atom. The largest absolute Gasteiger partial charge is 0.311 e. The zero-order valence-corrected chi connectivity index (χ0v) is 12.0. The van der Waals surface area contributed by atoms with E-state index < -0.39 is 15.9 Å². The zero-order chi connectivity index (χ0) is 15.6. The molecule has 0 spiro atoms. The van der Waals surface area contributed by atoms with Crippen LogP contribution in [0.1, 0.15) is 16.8 Å². The van der Waals surface area contributed by atoms with Gasteiger partial charge in [0.05, 0.1) is 17.0 Å². The third-order valence-electron chi connectivity index (χ3n) is 3.24. The van der Waals surface area contributed by atoms with E-state index in [-0.39, 0.29) is 36.1 Å². The lowest BCUT2D eigenvalue weighted by Crippen LogP contribution is -2.33. The van der Waals surface area contributed by atoms with Gasteiger partial charge in [-0.1, -0.05) is 12.1 Å². The first-order valence-electron chi connectivity index (χ1n) is 6.22. The van der Waals surface area contributed by atoms with Crippen molar-refractivity contribution in [2.45, 2.75) is 6.42 Å². The first-order chi connectivity index (χ1) is 9.81. The van der Waals surface area contributed by atoms with Crippen LogP contribution in [0.3, 0.4) is 0 Å². The van der Waals surface area contributed by atoms with Crippen molar-refractivity contribution < 1.29 is 18.0 Å². The van der Waals surface area contributed by atoms with Crippen LogP contribution in [0.5, 0.6) is 0 Å². The van der Waals surface area contributed by atoms with Crippen molar-refractivity contribution in [1.29, 1.82) is 0 Å². The minimum Gasteiger partial charge on any atom is -0.311 e. The van der Waals surface area contributed by atoms with Gasteiger partial charge in [-0.25, -0.2) is 19.4 Å². The summed E-state index contributed by atoms with van der Waals surface area (Å²) in [5, 5.41) is 5.01. The third kappa shape index (κ3) is 3.57. The summed E-state index contributed by atoms with van der Waals surface area (Å²) in [6, 6.07) is 6.49. The molecule has 8 nitrogen and oxygen atoms in total. The van der Waals surface area contributed by atoms with Crippen LogP contribution in [0.2, 0.25) is 0 Å². The number of para-hydroxylation sites is 1. The van der Waals surface area contributed by atoms with E-state index >= 15 is 0 Å². The first kappa shape index (κ1) is 15.4. The van der Waals surface area contributed by atoms with Crippen molar-refractivity contribution in [2.75, 3.05) is 17.2 Å². The SMILES string of the molecule is NNC(=O)c1ccccc1N1CC(CS(N)(=O)=O)CC1=O. The van der Waals surface area contributed by atoms with Gasteiger partial charge in [0, 0.05) is 18.9 Å². The number of amides is 2. The Morgan fingerprint density at radius 2 is 2.05 bits per heavy atom. The topological polar surface area (TPSA) is 136 Å². The molecule has 9 heteroatoms. The smallest absolute Gasteiger partial charge is 0.267 e. The Morgan fingerprint density at radius 1 is 1.38 bits per heavy atom. The second-order valence-corrected chi connectivity index (χ2v) is 6.55. The summed E-state index contributed by atoms with van der Waals surface area (Å²) < 4.78 is 22.3. The van der Waals surface area contributed by atoms with Crippen molar-refractivity contribution >= 4 is 27.5 Å². The number of sulfonamides is 1. The average Bonchev–Trinajstić information content (AvgIpc) is 2.76. The predicted molar refractivity (Wildman–Crippen MR) is 76.5 cm³/mol. The van der Waals surface area contributed by atoms with Crippen LogP contribution in [0.15, 0.2) is 24.3 Å². The maximum Gasteiger partial charge on any atom is 0.267 e. The summed E-state index contributed by atoms with van der Waals surface area (Å²) in [4.78, 5) is 25.2. The second-order valence-electron chi connectivity index (χ2n) is 4.89. The molecule has 1 heterocycles. The molecule has 5 N–H and O–H groups in total. The van der Waals surface area contributed by atoms with Crippen LogP contribution in [0, 0.1) is 5.92 Å². The molecule has 0 aromatic heterocycles. The summed E-state index contributed by atoms with van der Waals surface area (Å²) in [6.07, 6.45) is 0.0784. The Hall–Kier alpha value is -1.97. The number of hydrogen-bond donors (Lipinski definition) is 3. The lowest BCUT2D eigenvalue weighted by Gasteiger charge is -2.19. The van der Waals surface area contributed by atoms with E-state index in [1.54, 1.807) is 18.2 Å². The summed E-state index contributed by atoms with van der Waals surface area (Å²) in [5.74, 6) is 3.70. The second kappa shape index (κ2) is 5.80. The van der Waals surface area contributed by atoms with Gasteiger partial charge < -0.3 is 4.90 Å². The van der Waals surface area contributed by atoms with Crippen molar-refractivity contribution in [1.82, 2.24) is 5.43 Å². The minimum atomic E-state index is -3.65. The molecule has 1 aromatic carbocycles. The number of benzene rings is 1. The number of primary sulfonamides is 1. The van der Waals surface area contributed by atoms with Crippen LogP contribution >= 0.6 is 0 Å². The van der Waals surface area contributed by atoms with E-state index in [0.717, 1.165) is 0 Å². The van der Waals surface area contributed by atoms with Gasteiger partial charge in [0.2, 0.25) is 15.9 Å². The standard InChI is InChI=1S/C12H16N4O4S/c13-15-12(18)9-3-1-2-4-10(9)16-6-8(5-11(16)17)7-21(14,19)20/h1-4,8H,5-7,13H2,(H,15,18)(H2,14,19,20). The highest BCUT2D eigenvalue weighted by Crippen LogP contribution is 2.28. The maximum atomic E-state index is 12.1. The van der Waals surface area contributed by atoms with E-state index in [9.17, 15) is 18.0 Å². The number of carbonyl (C=O) groups excluding carboxylic acids is 2. The van der Waals surface area contributed by atoms with Crippen molar-refractivity contribution in [2.24, 2.45) is 16.9 Å². The van der Waals surface area contributed by atoms with Crippen LogP contribution in [-0.4, -0.2) is 32.5 Å². The molecule has 1 aromatic rings. The van der Waals surface area contributed by atoms with Crippen LogP contribution in [-0.2, 0) is 14.8 Å². The number of nitrogens with one attached hydrogen (secondary N) is 1. The monoisotopic (exact) mass is 312 g/mol. The number of hydrogen-bond acceptors (Lipinski definition) is 5. The van der Waals surface area contributed by atoms with E-state index in [1.807, 2.05) is 5.43 Å². The summed E-state index contributed by atoms with van der Waals surface area (Å²) in [7, 11) is -3.65. The Bertz CT molecular complexity index is 674. The van der Waals surface area contributed by atoms with Crippen LogP contribution < -0.4 is 21.3 Å². The molecule has 2 rings (SSSR count). The molecule has 2 amide bonds. The highest BCUT2D eigenvalue weighted by molar-refractivity contribution is 7.89. The van der Waals surface area contributed by atoms with Gasteiger partial charge in [-0.3, -0.25) is 15.0 Å².